The molecule has 0 radical (unpaired) electrons. The van der Waals surface area contributed by atoms with Gasteiger partial charge in [-0.15, -0.1) is 0 Å². The second kappa shape index (κ2) is 8.08. The van der Waals surface area contributed by atoms with E-state index in [0.29, 0.717) is 22.9 Å². The van der Waals surface area contributed by atoms with Crippen molar-refractivity contribution in [1.29, 1.82) is 0 Å². The van der Waals surface area contributed by atoms with Crippen molar-refractivity contribution < 1.29 is 17.6 Å². The number of carbonyl (C=O) groups excluding carboxylic acids is 1. The molecule has 1 aromatic rings. The Morgan fingerprint density at radius 2 is 2.00 bits per heavy atom. The van der Waals surface area contributed by atoms with Crippen LogP contribution >= 0.6 is 11.6 Å². The summed E-state index contributed by atoms with van der Waals surface area (Å²) in [6.45, 7) is 4.39. The monoisotopic (exact) mass is 415 g/mol. The van der Waals surface area contributed by atoms with Gasteiger partial charge in [0.05, 0.1) is 24.0 Å². The van der Waals surface area contributed by atoms with Gasteiger partial charge in [0.1, 0.15) is 5.82 Å². The van der Waals surface area contributed by atoms with E-state index in [1.807, 2.05) is 0 Å². The summed E-state index contributed by atoms with van der Waals surface area (Å²) in [6, 6.07) is 4.48. The van der Waals surface area contributed by atoms with Crippen molar-refractivity contribution in [2.24, 2.45) is 17.8 Å². The van der Waals surface area contributed by atoms with Gasteiger partial charge in [-0.3, -0.25) is 4.79 Å². The molecule has 0 N–H and O–H groups in total. The maximum Gasteiger partial charge on any atom is 0.227 e. The van der Waals surface area contributed by atoms with Gasteiger partial charge in [0.25, 0.3) is 0 Å². The van der Waals surface area contributed by atoms with E-state index in [-0.39, 0.29) is 35.9 Å². The molecule has 0 unspecified atom stereocenters. The van der Waals surface area contributed by atoms with Gasteiger partial charge in [-0.25, -0.2) is 12.8 Å². The zero-order valence-electron chi connectivity index (χ0n) is 15.8. The van der Waals surface area contributed by atoms with Crippen LogP contribution in [0.5, 0.6) is 0 Å². The largest absolute Gasteiger partial charge is 0.335 e. The standard InChI is InChI=1S/C20H27ClFNO3S/c1-13-5-3-8-19(14(13)2)23(11-16-17(21)6-4-7-18(16)22)20(24)15-9-10-27(25,26)12-15/h4,6-7,13-15,19H,3,5,8-12H2,1-2H3/t13-,14-,15-,19+/m1/s1. The number of nitrogens with zero attached hydrogens (tertiary/aromatic N) is 1. The Balaban J connectivity index is 1.92. The third kappa shape index (κ3) is 4.48. The van der Waals surface area contributed by atoms with Gasteiger partial charge in [-0.2, -0.15) is 0 Å². The summed E-state index contributed by atoms with van der Waals surface area (Å²) in [5.41, 5.74) is 0.304. The van der Waals surface area contributed by atoms with Crippen molar-refractivity contribution in [3.8, 4) is 0 Å². The smallest absolute Gasteiger partial charge is 0.227 e. The van der Waals surface area contributed by atoms with Crippen LogP contribution in [0.1, 0.15) is 45.1 Å². The normalized spacial score (nSPS) is 30.2. The molecule has 27 heavy (non-hydrogen) atoms. The van der Waals surface area contributed by atoms with E-state index < -0.39 is 21.6 Å². The minimum Gasteiger partial charge on any atom is -0.335 e. The lowest BCUT2D eigenvalue weighted by molar-refractivity contribution is -0.140. The molecule has 0 aromatic heterocycles. The fourth-order valence-electron chi connectivity index (χ4n) is 4.43. The molecule has 1 saturated heterocycles. The van der Waals surface area contributed by atoms with Gasteiger partial charge in [0, 0.05) is 16.6 Å². The van der Waals surface area contributed by atoms with Gasteiger partial charge in [0.2, 0.25) is 5.91 Å². The first kappa shape index (κ1) is 20.6. The minimum atomic E-state index is -3.17. The van der Waals surface area contributed by atoms with Crippen LogP contribution < -0.4 is 0 Å². The summed E-state index contributed by atoms with van der Waals surface area (Å²) in [4.78, 5) is 15.0. The fraction of sp³-hybridized carbons (Fsp3) is 0.650. The lowest BCUT2D eigenvalue weighted by Crippen LogP contribution is -2.49. The van der Waals surface area contributed by atoms with Crippen LogP contribution in [0, 0.1) is 23.6 Å². The highest BCUT2D eigenvalue weighted by Gasteiger charge is 2.40. The Morgan fingerprint density at radius 3 is 2.63 bits per heavy atom. The number of amides is 1. The van der Waals surface area contributed by atoms with Gasteiger partial charge < -0.3 is 4.90 Å². The summed E-state index contributed by atoms with van der Waals surface area (Å²) in [6.07, 6.45) is 3.31. The Labute approximate surface area is 166 Å². The average molecular weight is 416 g/mol. The Bertz CT molecular complexity index is 793. The number of hydrogen-bond acceptors (Lipinski definition) is 3. The second-order valence-electron chi connectivity index (χ2n) is 8.10. The number of benzene rings is 1. The van der Waals surface area contributed by atoms with Crippen LogP contribution in [0.25, 0.3) is 0 Å². The highest BCUT2D eigenvalue weighted by atomic mass is 35.5. The number of rotatable bonds is 4. The molecule has 4 nitrogen and oxygen atoms in total. The summed E-state index contributed by atoms with van der Waals surface area (Å²) in [5, 5.41) is 0.295. The molecular weight excluding hydrogens is 389 g/mol. The Morgan fingerprint density at radius 1 is 1.26 bits per heavy atom. The van der Waals surface area contributed by atoms with Crippen molar-refractivity contribution in [1.82, 2.24) is 4.90 Å². The van der Waals surface area contributed by atoms with E-state index in [2.05, 4.69) is 13.8 Å². The molecule has 150 valence electrons. The number of sulfone groups is 1. The van der Waals surface area contributed by atoms with Gasteiger partial charge in [-0.1, -0.05) is 44.4 Å². The molecule has 2 fully saturated rings. The minimum absolute atomic E-state index is 0.0276. The zero-order valence-corrected chi connectivity index (χ0v) is 17.4. The molecule has 1 heterocycles. The molecule has 7 heteroatoms. The molecule has 4 atom stereocenters. The predicted molar refractivity (Wildman–Crippen MR) is 105 cm³/mol. The topological polar surface area (TPSA) is 54.5 Å². The quantitative estimate of drug-likeness (QED) is 0.744. The predicted octanol–water partition coefficient (Wildman–Crippen LogP) is 4.07. The van der Waals surface area contributed by atoms with E-state index in [1.54, 1.807) is 17.0 Å². The third-order valence-electron chi connectivity index (χ3n) is 6.32. The molecular formula is C20H27ClFNO3S. The van der Waals surface area contributed by atoms with E-state index in [0.717, 1.165) is 19.3 Å². The number of carbonyl (C=O) groups is 1. The van der Waals surface area contributed by atoms with E-state index in [1.165, 1.54) is 6.07 Å². The van der Waals surface area contributed by atoms with Crippen LogP contribution in [0.3, 0.4) is 0 Å². The highest BCUT2D eigenvalue weighted by Crippen LogP contribution is 2.36. The molecule has 0 bridgehead atoms. The second-order valence-corrected chi connectivity index (χ2v) is 10.7. The van der Waals surface area contributed by atoms with Crippen LogP contribution in [-0.4, -0.2) is 36.8 Å². The van der Waals surface area contributed by atoms with Crippen molar-refractivity contribution >= 4 is 27.3 Å². The first-order chi connectivity index (χ1) is 12.7. The maximum absolute atomic E-state index is 14.4. The summed E-state index contributed by atoms with van der Waals surface area (Å²) in [7, 11) is -3.17. The first-order valence-corrected chi connectivity index (χ1v) is 11.8. The van der Waals surface area contributed by atoms with Crippen LogP contribution in [0.15, 0.2) is 18.2 Å². The molecule has 1 amide bonds. The average Bonchev–Trinajstić information content (AvgIpc) is 2.97. The zero-order chi connectivity index (χ0) is 19.8. The van der Waals surface area contributed by atoms with Crippen molar-refractivity contribution in [2.45, 2.75) is 52.1 Å². The summed E-state index contributed by atoms with van der Waals surface area (Å²) < 4.78 is 38.1. The lowest BCUT2D eigenvalue weighted by Gasteiger charge is -2.42. The Hall–Kier alpha value is -1.14. The Kier molecular flexibility index (Phi) is 6.16. The third-order valence-corrected chi connectivity index (χ3v) is 8.44. The molecule has 3 rings (SSSR count). The lowest BCUT2D eigenvalue weighted by atomic mass is 9.77. The molecule has 1 aromatic carbocycles. The van der Waals surface area contributed by atoms with Gasteiger partial charge in [-0.05, 0) is 36.8 Å². The number of halogens is 2. The van der Waals surface area contributed by atoms with Gasteiger partial charge >= 0.3 is 0 Å². The van der Waals surface area contributed by atoms with E-state index >= 15 is 0 Å². The van der Waals surface area contributed by atoms with E-state index in [4.69, 9.17) is 11.6 Å². The summed E-state index contributed by atoms with van der Waals surface area (Å²) in [5.74, 6) is -0.478. The number of hydrogen-bond donors (Lipinski definition) is 0. The maximum atomic E-state index is 14.4. The molecule has 1 aliphatic heterocycles. The van der Waals surface area contributed by atoms with Crippen molar-refractivity contribution in [3.63, 3.8) is 0 Å². The van der Waals surface area contributed by atoms with Gasteiger partial charge in [0.15, 0.2) is 9.84 Å². The van der Waals surface area contributed by atoms with Crippen LogP contribution in [-0.2, 0) is 21.2 Å². The fourth-order valence-corrected chi connectivity index (χ4v) is 6.39. The van der Waals surface area contributed by atoms with E-state index in [9.17, 15) is 17.6 Å². The molecule has 2 aliphatic rings. The van der Waals surface area contributed by atoms with Crippen molar-refractivity contribution in [2.75, 3.05) is 11.5 Å². The summed E-state index contributed by atoms with van der Waals surface area (Å²) >= 11 is 6.21. The SMILES string of the molecule is C[C@@H]1[C@H](C)CCC[C@@H]1N(Cc1c(F)cccc1Cl)C(=O)[C@@H]1CCS(=O)(=O)C1. The molecule has 0 spiro atoms. The molecule has 1 saturated carbocycles. The molecule has 1 aliphatic carbocycles. The van der Waals surface area contributed by atoms with Crippen molar-refractivity contribution in [3.05, 3.63) is 34.6 Å². The highest BCUT2D eigenvalue weighted by molar-refractivity contribution is 7.91. The van der Waals surface area contributed by atoms with Crippen LogP contribution in [0.2, 0.25) is 5.02 Å². The van der Waals surface area contributed by atoms with Crippen LogP contribution in [0.4, 0.5) is 4.39 Å². The first-order valence-electron chi connectivity index (χ1n) is 9.63.